The lowest BCUT2D eigenvalue weighted by Gasteiger charge is -2.22. The number of rotatable bonds is 5. The van der Waals surface area contributed by atoms with Crippen LogP contribution in [0.25, 0.3) is 0 Å². The van der Waals surface area contributed by atoms with Crippen LogP contribution >= 0.6 is 11.6 Å². The molecule has 122 valence electrons. The average Bonchev–Trinajstić information content (AvgIpc) is 2.36. The number of nitrogens with two attached hydrogens (primary N) is 1. The smallest absolute Gasteiger partial charge is 0.408 e. The van der Waals surface area contributed by atoms with Crippen molar-refractivity contribution in [2.24, 2.45) is 0 Å². The molecule has 22 heavy (non-hydrogen) atoms. The van der Waals surface area contributed by atoms with Crippen LogP contribution in [0.15, 0.2) is 6.33 Å². The summed E-state index contributed by atoms with van der Waals surface area (Å²) in [6, 6.07) is -1.23. The largest absolute Gasteiger partial charge is 0.480 e. The van der Waals surface area contributed by atoms with Crippen LogP contribution in [0.4, 0.5) is 16.3 Å². The molecular weight excluding hydrogens is 314 g/mol. The standard InChI is InChI=1S/C12H18ClN5O4/c1-12(2,3)22-11(21)18-6(10(19)20)4-15-9-7(14)8(13)16-5-17-9/h5-6H,4,14H2,1-3H3,(H,18,21)(H,19,20)(H,15,16,17). The molecule has 0 saturated carbocycles. The number of anilines is 2. The van der Waals surface area contributed by atoms with Gasteiger partial charge in [-0.05, 0) is 20.8 Å². The van der Waals surface area contributed by atoms with E-state index in [4.69, 9.17) is 27.2 Å². The number of hydrogen-bond acceptors (Lipinski definition) is 7. The molecule has 0 fully saturated rings. The van der Waals surface area contributed by atoms with E-state index in [1.54, 1.807) is 20.8 Å². The van der Waals surface area contributed by atoms with Gasteiger partial charge in [0.05, 0.1) is 0 Å². The van der Waals surface area contributed by atoms with Crippen LogP contribution in [0.1, 0.15) is 20.8 Å². The Kier molecular flexibility index (Phi) is 5.75. The number of nitrogens with zero attached hydrogens (tertiary/aromatic N) is 2. The van der Waals surface area contributed by atoms with Gasteiger partial charge in [-0.3, -0.25) is 0 Å². The number of ether oxygens (including phenoxy) is 1. The Morgan fingerprint density at radius 2 is 2.09 bits per heavy atom. The van der Waals surface area contributed by atoms with Crippen LogP contribution < -0.4 is 16.4 Å². The van der Waals surface area contributed by atoms with E-state index >= 15 is 0 Å². The summed E-state index contributed by atoms with van der Waals surface area (Å²) in [5, 5.41) is 14.1. The summed E-state index contributed by atoms with van der Waals surface area (Å²) in [5.74, 6) is -1.06. The lowest BCUT2D eigenvalue weighted by atomic mass is 10.2. The molecule has 5 N–H and O–H groups in total. The molecule has 1 aromatic heterocycles. The number of alkyl carbamates (subject to hydrolysis) is 1. The van der Waals surface area contributed by atoms with Crippen molar-refractivity contribution in [1.29, 1.82) is 0 Å². The first-order valence-electron chi connectivity index (χ1n) is 6.32. The van der Waals surface area contributed by atoms with E-state index in [9.17, 15) is 9.59 Å². The maximum atomic E-state index is 11.6. The highest BCUT2D eigenvalue weighted by molar-refractivity contribution is 6.32. The van der Waals surface area contributed by atoms with Crippen LogP contribution in [0, 0.1) is 0 Å². The highest BCUT2D eigenvalue weighted by Gasteiger charge is 2.24. The molecule has 10 heteroatoms. The Bertz CT molecular complexity index is 561. The van der Waals surface area contributed by atoms with Gasteiger partial charge in [0.2, 0.25) is 0 Å². The lowest BCUT2D eigenvalue weighted by molar-refractivity contribution is -0.139. The van der Waals surface area contributed by atoms with Crippen LogP contribution in [0.5, 0.6) is 0 Å². The molecule has 0 bridgehead atoms. The molecule has 0 aromatic carbocycles. The number of carbonyl (C=O) groups excluding carboxylic acids is 1. The summed E-state index contributed by atoms with van der Waals surface area (Å²) < 4.78 is 5.00. The number of amides is 1. The molecule has 1 atom stereocenters. The highest BCUT2D eigenvalue weighted by Crippen LogP contribution is 2.21. The van der Waals surface area contributed by atoms with Crippen LogP contribution in [0.2, 0.25) is 5.15 Å². The summed E-state index contributed by atoms with van der Waals surface area (Å²) in [4.78, 5) is 30.3. The number of nitrogen functional groups attached to an aromatic ring is 1. The topological polar surface area (TPSA) is 139 Å². The number of nitrogens with one attached hydrogen (secondary N) is 2. The van der Waals surface area contributed by atoms with Gasteiger partial charge in [-0.1, -0.05) is 11.6 Å². The molecule has 0 aliphatic rings. The molecule has 1 aromatic rings. The highest BCUT2D eigenvalue weighted by atomic mass is 35.5. The van der Waals surface area contributed by atoms with Gasteiger partial charge in [-0.2, -0.15) is 0 Å². The molecular formula is C12H18ClN5O4. The van der Waals surface area contributed by atoms with Gasteiger partial charge in [-0.25, -0.2) is 19.6 Å². The Hall–Kier alpha value is -2.29. The van der Waals surface area contributed by atoms with Crippen molar-refractivity contribution in [1.82, 2.24) is 15.3 Å². The summed E-state index contributed by atoms with van der Waals surface area (Å²) in [7, 11) is 0. The normalized spacial score (nSPS) is 12.4. The first-order chi connectivity index (χ1) is 10.1. The zero-order valence-electron chi connectivity index (χ0n) is 12.4. The number of carboxylic acids is 1. The zero-order valence-corrected chi connectivity index (χ0v) is 13.1. The van der Waals surface area contributed by atoms with Crippen molar-refractivity contribution in [3.8, 4) is 0 Å². The van der Waals surface area contributed by atoms with Crippen molar-refractivity contribution in [3.63, 3.8) is 0 Å². The van der Waals surface area contributed by atoms with Gasteiger partial charge in [0.25, 0.3) is 0 Å². The number of carbonyl (C=O) groups is 2. The number of hydrogen-bond donors (Lipinski definition) is 4. The third-order valence-corrected chi connectivity index (χ3v) is 2.60. The molecule has 1 heterocycles. The minimum Gasteiger partial charge on any atom is -0.480 e. The number of halogens is 1. The Morgan fingerprint density at radius 1 is 1.45 bits per heavy atom. The summed E-state index contributed by atoms with van der Waals surface area (Å²) >= 11 is 5.73. The second kappa shape index (κ2) is 7.12. The van der Waals surface area contributed by atoms with Crippen LogP contribution in [-0.4, -0.2) is 45.3 Å². The van der Waals surface area contributed by atoms with Gasteiger partial charge < -0.3 is 26.2 Å². The maximum Gasteiger partial charge on any atom is 0.408 e. The molecule has 1 rings (SSSR count). The summed E-state index contributed by atoms with van der Waals surface area (Å²) in [6.45, 7) is 4.85. The van der Waals surface area contributed by atoms with E-state index < -0.39 is 23.7 Å². The van der Waals surface area contributed by atoms with Crippen LogP contribution in [-0.2, 0) is 9.53 Å². The molecule has 9 nitrogen and oxygen atoms in total. The van der Waals surface area contributed by atoms with Crippen molar-refractivity contribution in [2.45, 2.75) is 32.4 Å². The minimum atomic E-state index is -1.24. The van der Waals surface area contributed by atoms with E-state index in [0.29, 0.717) is 0 Å². The van der Waals surface area contributed by atoms with Gasteiger partial charge in [0.15, 0.2) is 11.0 Å². The van der Waals surface area contributed by atoms with Crippen molar-refractivity contribution < 1.29 is 19.4 Å². The zero-order chi connectivity index (χ0) is 16.9. The molecule has 1 amide bonds. The molecule has 0 aliphatic carbocycles. The molecule has 0 spiro atoms. The van der Waals surface area contributed by atoms with Gasteiger partial charge in [-0.15, -0.1) is 0 Å². The SMILES string of the molecule is CC(C)(C)OC(=O)NC(CNc1ncnc(Cl)c1N)C(=O)O. The predicted molar refractivity (Wildman–Crippen MR) is 80.7 cm³/mol. The van der Waals surface area contributed by atoms with E-state index in [-0.39, 0.29) is 23.2 Å². The number of carboxylic acid groups (broad SMARTS) is 1. The Balaban J connectivity index is 2.67. The van der Waals surface area contributed by atoms with E-state index in [2.05, 4.69) is 20.6 Å². The number of aromatic nitrogens is 2. The third-order valence-electron chi connectivity index (χ3n) is 2.30. The lowest BCUT2D eigenvalue weighted by Crippen LogP contribution is -2.47. The van der Waals surface area contributed by atoms with E-state index in [0.717, 1.165) is 0 Å². The van der Waals surface area contributed by atoms with Gasteiger partial charge in [0.1, 0.15) is 23.7 Å². The first-order valence-corrected chi connectivity index (χ1v) is 6.70. The first kappa shape index (κ1) is 17.8. The van der Waals surface area contributed by atoms with Crippen molar-refractivity contribution in [2.75, 3.05) is 17.6 Å². The Labute approximate surface area is 132 Å². The monoisotopic (exact) mass is 331 g/mol. The fourth-order valence-corrected chi connectivity index (χ4v) is 1.50. The van der Waals surface area contributed by atoms with E-state index in [1.807, 2.05) is 0 Å². The van der Waals surface area contributed by atoms with Gasteiger partial charge >= 0.3 is 12.1 Å². The fraction of sp³-hybridized carbons (Fsp3) is 0.500. The quantitative estimate of drug-likeness (QED) is 0.588. The molecule has 0 radical (unpaired) electrons. The second-order valence-electron chi connectivity index (χ2n) is 5.34. The van der Waals surface area contributed by atoms with E-state index in [1.165, 1.54) is 6.33 Å². The number of aliphatic carboxylic acids is 1. The predicted octanol–water partition coefficient (Wildman–Crippen LogP) is 1.10. The van der Waals surface area contributed by atoms with Crippen LogP contribution in [0.3, 0.4) is 0 Å². The summed E-state index contributed by atoms with van der Waals surface area (Å²) in [5.41, 5.74) is 5.01. The minimum absolute atomic E-state index is 0.0458. The van der Waals surface area contributed by atoms with Crippen molar-refractivity contribution >= 4 is 35.2 Å². The summed E-state index contributed by atoms with van der Waals surface area (Å²) in [6.07, 6.45) is 0.341. The van der Waals surface area contributed by atoms with Gasteiger partial charge in [0, 0.05) is 6.54 Å². The Morgan fingerprint density at radius 3 is 2.64 bits per heavy atom. The average molecular weight is 332 g/mol. The maximum absolute atomic E-state index is 11.6. The second-order valence-corrected chi connectivity index (χ2v) is 5.70. The molecule has 0 aliphatic heterocycles. The molecule has 0 saturated heterocycles. The van der Waals surface area contributed by atoms with Crippen molar-refractivity contribution in [3.05, 3.63) is 11.5 Å². The fourth-order valence-electron chi connectivity index (χ4n) is 1.36. The third kappa shape index (κ3) is 5.60. The molecule has 1 unspecified atom stereocenters.